The molecule has 19 heavy (non-hydrogen) atoms. The molecule has 1 aromatic rings. The molecule has 0 heterocycles. The number of nitrogens with one attached hydrogen (secondary N) is 1. The van der Waals surface area contributed by atoms with Crippen LogP contribution < -0.4 is 5.32 Å². The van der Waals surface area contributed by atoms with Crippen LogP contribution in [0, 0.1) is 0 Å². The fraction of sp³-hybridized carbons (Fsp3) is 0.571. The third-order valence-electron chi connectivity index (χ3n) is 3.32. The van der Waals surface area contributed by atoms with Crippen molar-refractivity contribution in [3.8, 4) is 0 Å². The average Bonchev–Trinajstić information content (AvgIpc) is 2.43. The molecular weight excluding hydrogens is 260 g/mol. The minimum Gasteiger partial charge on any atom is -0.385 e. The van der Waals surface area contributed by atoms with E-state index in [1.54, 1.807) is 19.2 Å². The van der Waals surface area contributed by atoms with Gasteiger partial charge in [0.1, 0.15) is 0 Å². The largest absolute Gasteiger partial charge is 0.385 e. The summed E-state index contributed by atoms with van der Waals surface area (Å²) in [7, 11) is -1.75. The van der Waals surface area contributed by atoms with Gasteiger partial charge >= 0.3 is 0 Å². The van der Waals surface area contributed by atoms with Crippen LogP contribution in [0.5, 0.6) is 0 Å². The Morgan fingerprint density at radius 3 is 2.26 bits per heavy atom. The summed E-state index contributed by atoms with van der Waals surface area (Å²) in [6, 6.07) is 6.95. The fourth-order valence-electron chi connectivity index (χ4n) is 1.67. The van der Waals surface area contributed by atoms with Crippen molar-refractivity contribution in [2.75, 3.05) is 18.9 Å². The van der Waals surface area contributed by atoms with E-state index in [-0.39, 0.29) is 6.04 Å². The van der Waals surface area contributed by atoms with Gasteiger partial charge in [-0.25, -0.2) is 8.42 Å². The number of nitrogens with zero attached hydrogens (tertiary/aromatic N) is 1. The molecule has 0 aliphatic heterocycles. The van der Waals surface area contributed by atoms with Crippen LogP contribution in [-0.2, 0) is 10.0 Å². The summed E-state index contributed by atoms with van der Waals surface area (Å²) < 4.78 is 26.2. The summed E-state index contributed by atoms with van der Waals surface area (Å²) in [5.74, 6) is 0. The highest BCUT2D eigenvalue weighted by atomic mass is 32.2. The lowest BCUT2D eigenvalue weighted by atomic mass is 10.3. The van der Waals surface area contributed by atoms with Crippen LogP contribution in [0.15, 0.2) is 29.2 Å². The third kappa shape index (κ3) is 3.94. The van der Waals surface area contributed by atoms with Crippen molar-refractivity contribution in [1.29, 1.82) is 0 Å². The predicted octanol–water partition coefficient (Wildman–Crippen LogP) is 2.93. The quantitative estimate of drug-likeness (QED) is 0.837. The molecule has 0 saturated carbocycles. The molecule has 0 spiro atoms. The van der Waals surface area contributed by atoms with Gasteiger partial charge in [-0.3, -0.25) is 0 Å². The molecule has 108 valence electrons. The van der Waals surface area contributed by atoms with Crippen LogP contribution in [0.1, 0.15) is 33.6 Å². The van der Waals surface area contributed by atoms with Crippen molar-refractivity contribution >= 4 is 15.7 Å². The Kier molecular flexibility index (Phi) is 5.82. The van der Waals surface area contributed by atoms with Crippen LogP contribution >= 0.6 is 0 Å². The first-order chi connectivity index (χ1) is 8.93. The molecule has 0 aliphatic carbocycles. The highest BCUT2D eigenvalue weighted by molar-refractivity contribution is 7.89. The smallest absolute Gasteiger partial charge is 0.243 e. The standard InChI is InChI=1S/C14H24N2O2S/c1-5-11-15-13-7-9-14(10-8-13)19(17,18)16(4)12(3)6-2/h7-10,12,15H,5-6,11H2,1-4H3. The molecule has 5 heteroatoms. The highest BCUT2D eigenvalue weighted by Crippen LogP contribution is 2.19. The monoisotopic (exact) mass is 284 g/mol. The molecule has 1 N–H and O–H groups in total. The molecule has 0 aromatic heterocycles. The van der Waals surface area contributed by atoms with Crippen molar-refractivity contribution in [3.63, 3.8) is 0 Å². The van der Waals surface area contributed by atoms with Gasteiger partial charge in [-0.2, -0.15) is 4.31 Å². The Morgan fingerprint density at radius 1 is 1.21 bits per heavy atom. The zero-order valence-electron chi connectivity index (χ0n) is 12.2. The van der Waals surface area contributed by atoms with E-state index in [1.807, 2.05) is 26.0 Å². The molecule has 0 amide bonds. The number of hydrogen-bond acceptors (Lipinski definition) is 3. The maximum Gasteiger partial charge on any atom is 0.243 e. The van der Waals surface area contributed by atoms with E-state index in [4.69, 9.17) is 0 Å². The number of hydrogen-bond donors (Lipinski definition) is 1. The van der Waals surface area contributed by atoms with E-state index in [0.29, 0.717) is 4.90 Å². The topological polar surface area (TPSA) is 49.4 Å². The van der Waals surface area contributed by atoms with Crippen molar-refractivity contribution in [1.82, 2.24) is 4.31 Å². The highest BCUT2D eigenvalue weighted by Gasteiger charge is 2.24. The lowest BCUT2D eigenvalue weighted by Gasteiger charge is -2.23. The summed E-state index contributed by atoms with van der Waals surface area (Å²) >= 11 is 0. The molecule has 1 aromatic carbocycles. The van der Waals surface area contributed by atoms with Gasteiger partial charge in [-0.05, 0) is 44.0 Å². The van der Waals surface area contributed by atoms with Gasteiger partial charge in [0.25, 0.3) is 0 Å². The summed E-state index contributed by atoms with van der Waals surface area (Å²) in [4.78, 5) is 0.345. The predicted molar refractivity (Wildman–Crippen MR) is 79.9 cm³/mol. The maximum atomic E-state index is 12.4. The number of benzene rings is 1. The molecule has 0 fully saturated rings. The van der Waals surface area contributed by atoms with Gasteiger partial charge in [0, 0.05) is 25.3 Å². The first-order valence-electron chi connectivity index (χ1n) is 6.75. The molecule has 0 radical (unpaired) electrons. The zero-order chi connectivity index (χ0) is 14.5. The maximum absolute atomic E-state index is 12.4. The third-order valence-corrected chi connectivity index (χ3v) is 5.31. The summed E-state index contributed by atoms with van der Waals surface area (Å²) in [5.41, 5.74) is 0.951. The Balaban J connectivity index is 2.90. The second kappa shape index (κ2) is 6.91. The second-order valence-corrected chi connectivity index (χ2v) is 6.73. The average molecular weight is 284 g/mol. The molecule has 0 aliphatic rings. The summed E-state index contributed by atoms with van der Waals surface area (Å²) in [5, 5.41) is 3.23. The lowest BCUT2D eigenvalue weighted by molar-refractivity contribution is 0.380. The minimum atomic E-state index is -3.38. The van der Waals surface area contributed by atoms with Crippen LogP contribution in [-0.4, -0.2) is 32.4 Å². The van der Waals surface area contributed by atoms with E-state index in [1.165, 1.54) is 4.31 Å². The van der Waals surface area contributed by atoms with Crippen LogP contribution in [0.4, 0.5) is 5.69 Å². The van der Waals surface area contributed by atoms with E-state index < -0.39 is 10.0 Å². The van der Waals surface area contributed by atoms with Gasteiger partial charge in [-0.1, -0.05) is 13.8 Å². The summed E-state index contributed by atoms with van der Waals surface area (Å²) in [6.45, 7) is 6.87. The first kappa shape index (κ1) is 16.0. The van der Waals surface area contributed by atoms with Crippen LogP contribution in [0.25, 0.3) is 0 Å². The van der Waals surface area contributed by atoms with Gasteiger partial charge < -0.3 is 5.32 Å². The molecule has 1 rings (SSSR count). The van der Waals surface area contributed by atoms with E-state index >= 15 is 0 Å². The van der Waals surface area contributed by atoms with Gasteiger partial charge in [0.2, 0.25) is 10.0 Å². The molecule has 1 atom stereocenters. The molecule has 1 unspecified atom stereocenters. The van der Waals surface area contributed by atoms with Gasteiger partial charge in [-0.15, -0.1) is 0 Å². The van der Waals surface area contributed by atoms with Gasteiger partial charge in [0.15, 0.2) is 0 Å². The number of rotatable bonds is 7. The normalized spacial score (nSPS) is 13.5. The van der Waals surface area contributed by atoms with Crippen LogP contribution in [0.2, 0.25) is 0 Å². The van der Waals surface area contributed by atoms with E-state index in [9.17, 15) is 8.42 Å². The summed E-state index contributed by atoms with van der Waals surface area (Å²) in [6.07, 6.45) is 1.84. The Bertz CT molecular complexity index is 483. The van der Waals surface area contributed by atoms with Crippen molar-refractivity contribution in [3.05, 3.63) is 24.3 Å². The van der Waals surface area contributed by atoms with Crippen molar-refractivity contribution in [2.24, 2.45) is 0 Å². The van der Waals surface area contributed by atoms with Crippen LogP contribution in [0.3, 0.4) is 0 Å². The SMILES string of the molecule is CCCNc1ccc(S(=O)(=O)N(C)C(C)CC)cc1. The van der Waals surface area contributed by atoms with E-state index in [2.05, 4.69) is 12.2 Å². The zero-order valence-corrected chi connectivity index (χ0v) is 13.0. The number of anilines is 1. The molecule has 0 bridgehead atoms. The Morgan fingerprint density at radius 2 is 1.79 bits per heavy atom. The Hall–Kier alpha value is -1.07. The van der Waals surface area contributed by atoms with E-state index in [0.717, 1.165) is 25.1 Å². The molecular formula is C14H24N2O2S. The molecule has 4 nitrogen and oxygen atoms in total. The van der Waals surface area contributed by atoms with Crippen molar-refractivity contribution in [2.45, 2.75) is 44.6 Å². The number of sulfonamides is 1. The minimum absolute atomic E-state index is 0.00268. The first-order valence-corrected chi connectivity index (χ1v) is 8.19. The van der Waals surface area contributed by atoms with Crippen molar-refractivity contribution < 1.29 is 8.42 Å². The second-order valence-electron chi connectivity index (χ2n) is 4.73. The van der Waals surface area contributed by atoms with Gasteiger partial charge in [0.05, 0.1) is 4.90 Å². The Labute approximate surface area is 116 Å². The molecule has 0 saturated heterocycles. The lowest BCUT2D eigenvalue weighted by Crippen LogP contribution is -2.34. The fourth-order valence-corrected chi connectivity index (χ4v) is 3.11.